The molecule has 0 aromatic carbocycles. The summed E-state index contributed by atoms with van der Waals surface area (Å²) < 4.78 is 2.36. The third-order valence-corrected chi connectivity index (χ3v) is 4.42. The first-order valence-electron chi connectivity index (χ1n) is 5.21. The second kappa shape index (κ2) is 4.19. The van der Waals surface area contributed by atoms with Crippen LogP contribution in [0.3, 0.4) is 0 Å². The van der Waals surface area contributed by atoms with Crippen LogP contribution < -0.4 is 0 Å². The molecule has 4 nitrogen and oxygen atoms in total. The lowest BCUT2D eigenvalue weighted by molar-refractivity contribution is 0.921. The number of hydrogen-bond acceptors (Lipinski definition) is 4. The van der Waals surface area contributed by atoms with Gasteiger partial charge in [-0.15, -0.1) is 21.5 Å². The predicted molar refractivity (Wildman–Crippen MR) is 73.6 cm³/mol. The Bertz CT molecular complexity index is 747. The fourth-order valence-corrected chi connectivity index (χ4v) is 2.91. The van der Waals surface area contributed by atoms with Crippen LogP contribution in [0.25, 0.3) is 16.3 Å². The lowest BCUT2D eigenvalue weighted by Gasteiger charge is -2.04. The van der Waals surface area contributed by atoms with E-state index in [4.69, 9.17) is 23.2 Å². The molecular formula is C11H8Cl2N4S. The molecule has 0 aliphatic carbocycles. The van der Waals surface area contributed by atoms with Gasteiger partial charge in [-0.05, 0) is 31.5 Å². The van der Waals surface area contributed by atoms with E-state index in [9.17, 15) is 0 Å². The number of thiophene rings is 1. The van der Waals surface area contributed by atoms with Crippen LogP contribution in [0.2, 0.25) is 9.49 Å². The standard InChI is InChI=1S/C11H8Cl2N4S/c1-5-6(2)10-14-15-11(17(10)16-9(5)13)7-3-4-8(12)18-7/h3-4H,1-2H3. The molecule has 7 heteroatoms. The summed E-state index contributed by atoms with van der Waals surface area (Å²) in [6.07, 6.45) is 0. The normalized spacial score (nSPS) is 11.3. The lowest BCUT2D eigenvalue weighted by Crippen LogP contribution is -1.99. The summed E-state index contributed by atoms with van der Waals surface area (Å²) in [5.74, 6) is 0.659. The highest BCUT2D eigenvalue weighted by atomic mass is 35.5. The number of halogens is 2. The highest BCUT2D eigenvalue weighted by Crippen LogP contribution is 2.31. The van der Waals surface area contributed by atoms with E-state index in [1.54, 1.807) is 4.52 Å². The fourth-order valence-electron chi connectivity index (χ4n) is 1.68. The van der Waals surface area contributed by atoms with Gasteiger partial charge in [0.1, 0.15) is 0 Å². The van der Waals surface area contributed by atoms with Crippen molar-refractivity contribution in [1.82, 2.24) is 19.8 Å². The van der Waals surface area contributed by atoms with Crippen LogP contribution in [0, 0.1) is 13.8 Å². The van der Waals surface area contributed by atoms with Crippen LogP contribution in [0.15, 0.2) is 12.1 Å². The van der Waals surface area contributed by atoms with Gasteiger partial charge in [0, 0.05) is 5.56 Å². The third-order valence-electron chi connectivity index (χ3n) is 2.83. The Labute approximate surface area is 117 Å². The van der Waals surface area contributed by atoms with Crippen molar-refractivity contribution in [2.24, 2.45) is 0 Å². The molecule has 92 valence electrons. The fraction of sp³-hybridized carbons (Fsp3) is 0.182. The van der Waals surface area contributed by atoms with E-state index in [-0.39, 0.29) is 0 Å². The van der Waals surface area contributed by atoms with E-state index in [1.807, 2.05) is 26.0 Å². The maximum Gasteiger partial charge on any atom is 0.195 e. The van der Waals surface area contributed by atoms with Crippen molar-refractivity contribution in [1.29, 1.82) is 0 Å². The molecule has 3 heterocycles. The summed E-state index contributed by atoms with van der Waals surface area (Å²) in [7, 11) is 0. The summed E-state index contributed by atoms with van der Waals surface area (Å²) in [5.41, 5.74) is 2.63. The predicted octanol–water partition coefficient (Wildman–Crippen LogP) is 3.78. The molecule has 18 heavy (non-hydrogen) atoms. The molecule has 0 saturated carbocycles. The molecule has 0 N–H and O–H groups in total. The van der Waals surface area contributed by atoms with Crippen LogP contribution in [0.4, 0.5) is 0 Å². The molecule has 3 rings (SSSR count). The van der Waals surface area contributed by atoms with Gasteiger partial charge in [-0.25, -0.2) is 0 Å². The van der Waals surface area contributed by atoms with E-state index in [2.05, 4.69) is 15.3 Å². The van der Waals surface area contributed by atoms with E-state index in [1.165, 1.54) is 11.3 Å². The topological polar surface area (TPSA) is 43.1 Å². The number of aromatic nitrogens is 4. The number of rotatable bonds is 1. The van der Waals surface area contributed by atoms with Gasteiger partial charge in [0.05, 0.1) is 9.21 Å². The van der Waals surface area contributed by atoms with Gasteiger partial charge in [-0.2, -0.15) is 9.61 Å². The Hall–Kier alpha value is -1.17. The van der Waals surface area contributed by atoms with Crippen molar-refractivity contribution < 1.29 is 0 Å². The first-order valence-corrected chi connectivity index (χ1v) is 6.79. The van der Waals surface area contributed by atoms with Gasteiger partial charge in [0.25, 0.3) is 0 Å². The summed E-state index contributed by atoms with van der Waals surface area (Å²) in [6, 6.07) is 3.72. The quantitative estimate of drug-likeness (QED) is 0.687. The van der Waals surface area contributed by atoms with Crippen LogP contribution >= 0.6 is 34.5 Å². The molecule has 0 saturated heterocycles. The molecule has 0 aliphatic rings. The van der Waals surface area contributed by atoms with E-state index in [0.717, 1.165) is 21.7 Å². The monoisotopic (exact) mass is 298 g/mol. The van der Waals surface area contributed by atoms with Gasteiger partial charge in [-0.1, -0.05) is 23.2 Å². The number of hydrogen-bond donors (Lipinski definition) is 0. The lowest BCUT2D eigenvalue weighted by atomic mass is 10.2. The minimum atomic E-state index is 0.462. The first kappa shape index (κ1) is 11.9. The first-order chi connectivity index (χ1) is 8.58. The maximum absolute atomic E-state index is 6.10. The Kier molecular flexibility index (Phi) is 2.77. The molecule has 3 aromatic heterocycles. The number of nitrogens with zero attached hydrogens (tertiary/aromatic N) is 4. The van der Waals surface area contributed by atoms with Crippen molar-refractivity contribution in [3.63, 3.8) is 0 Å². The Balaban J connectivity index is 2.33. The largest absolute Gasteiger partial charge is 0.195 e. The molecule has 0 unspecified atom stereocenters. The molecule has 0 amide bonds. The summed E-state index contributed by atoms with van der Waals surface area (Å²) in [5, 5.41) is 13.1. The second-order valence-corrected chi connectivity index (χ2v) is 5.98. The molecule has 3 aromatic rings. The van der Waals surface area contributed by atoms with Crippen molar-refractivity contribution in [2.45, 2.75) is 13.8 Å². The van der Waals surface area contributed by atoms with E-state index < -0.39 is 0 Å². The van der Waals surface area contributed by atoms with Crippen molar-refractivity contribution in [2.75, 3.05) is 0 Å². The van der Waals surface area contributed by atoms with Gasteiger partial charge < -0.3 is 0 Å². The van der Waals surface area contributed by atoms with Gasteiger partial charge in [0.15, 0.2) is 16.6 Å². The number of aryl methyl sites for hydroxylation is 1. The van der Waals surface area contributed by atoms with Crippen molar-refractivity contribution >= 4 is 40.2 Å². The highest BCUT2D eigenvalue weighted by molar-refractivity contribution is 7.19. The van der Waals surface area contributed by atoms with Crippen LogP contribution in [-0.2, 0) is 0 Å². The SMILES string of the molecule is Cc1c(Cl)nn2c(-c3ccc(Cl)s3)nnc2c1C. The minimum Gasteiger partial charge on any atom is -0.190 e. The molecule has 0 bridgehead atoms. The molecule has 0 radical (unpaired) electrons. The molecule has 0 fully saturated rings. The van der Waals surface area contributed by atoms with Crippen LogP contribution in [0.5, 0.6) is 0 Å². The van der Waals surface area contributed by atoms with Crippen LogP contribution in [0.1, 0.15) is 11.1 Å². The maximum atomic E-state index is 6.10. The number of fused-ring (bicyclic) bond motifs is 1. The molecule has 0 atom stereocenters. The van der Waals surface area contributed by atoms with Gasteiger partial charge in [-0.3, -0.25) is 0 Å². The van der Waals surface area contributed by atoms with Gasteiger partial charge >= 0.3 is 0 Å². The van der Waals surface area contributed by atoms with E-state index in [0.29, 0.717) is 15.3 Å². The van der Waals surface area contributed by atoms with E-state index >= 15 is 0 Å². The zero-order valence-corrected chi connectivity index (χ0v) is 11.9. The molecule has 0 spiro atoms. The average molecular weight is 299 g/mol. The Morgan fingerprint density at radius 3 is 2.56 bits per heavy atom. The summed E-state index contributed by atoms with van der Waals surface area (Å²) >= 11 is 13.5. The third kappa shape index (κ3) is 1.70. The molecule has 0 aliphatic heterocycles. The highest BCUT2D eigenvalue weighted by Gasteiger charge is 2.15. The second-order valence-electron chi connectivity index (χ2n) is 3.90. The van der Waals surface area contributed by atoms with Crippen LogP contribution in [-0.4, -0.2) is 19.8 Å². The summed E-state index contributed by atoms with van der Waals surface area (Å²) in [4.78, 5) is 0.916. The Morgan fingerprint density at radius 1 is 1.11 bits per heavy atom. The zero-order valence-electron chi connectivity index (χ0n) is 9.61. The summed E-state index contributed by atoms with van der Waals surface area (Å²) in [6.45, 7) is 3.87. The van der Waals surface area contributed by atoms with Crippen molar-refractivity contribution in [3.05, 3.63) is 32.7 Å². The Morgan fingerprint density at radius 2 is 1.89 bits per heavy atom. The zero-order chi connectivity index (χ0) is 12.9. The van der Waals surface area contributed by atoms with Gasteiger partial charge in [0.2, 0.25) is 0 Å². The van der Waals surface area contributed by atoms with Crippen molar-refractivity contribution in [3.8, 4) is 10.7 Å². The average Bonchev–Trinajstić information content (AvgIpc) is 2.92. The minimum absolute atomic E-state index is 0.462. The smallest absolute Gasteiger partial charge is 0.190 e. The molecular weight excluding hydrogens is 291 g/mol.